The molecular weight excluding hydrogens is 431 g/mol. The normalized spacial score (nSPS) is 15.3. The Hall–Kier alpha value is -2.75. The van der Waals surface area contributed by atoms with Gasteiger partial charge in [-0.05, 0) is 24.3 Å². The number of halogens is 2. The topological polar surface area (TPSA) is 86.4 Å². The molecule has 0 spiro atoms. The second kappa shape index (κ2) is 8.17. The zero-order chi connectivity index (χ0) is 21.3. The van der Waals surface area contributed by atoms with E-state index < -0.39 is 15.8 Å². The van der Waals surface area contributed by atoms with Crippen molar-refractivity contribution in [2.24, 2.45) is 0 Å². The summed E-state index contributed by atoms with van der Waals surface area (Å²) in [5, 5.41) is 7.41. The van der Waals surface area contributed by atoms with Gasteiger partial charge in [0.2, 0.25) is 10.0 Å². The highest BCUT2D eigenvalue weighted by atomic mass is 35.5. The minimum atomic E-state index is -3.96. The van der Waals surface area contributed by atoms with E-state index in [1.165, 1.54) is 27.4 Å². The van der Waals surface area contributed by atoms with Crippen LogP contribution in [0.2, 0.25) is 5.02 Å². The number of hydrogen-bond acceptors (Lipinski definition) is 4. The smallest absolute Gasteiger partial charge is 0.271 e. The zero-order valence-corrected chi connectivity index (χ0v) is 17.3. The Labute approximate surface area is 178 Å². The van der Waals surface area contributed by atoms with E-state index in [4.69, 9.17) is 11.6 Å². The maximum Gasteiger partial charge on any atom is 0.271 e. The molecule has 10 heteroatoms. The molecular formula is C20H18ClFN4O3S. The first kappa shape index (κ1) is 20.5. The molecule has 1 aliphatic rings. The highest BCUT2D eigenvalue weighted by molar-refractivity contribution is 7.89. The number of carbonyl (C=O) groups is 1. The predicted octanol–water partition coefficient (Wildman–Crippen LogP) is 3.02. The van der Waals surface area contributed by atoms with Crippen molar-refractivity contribution in [1.82, 2.24) is 19.4 Å². The minimum Gasteiger partial charge on any atom is -0.335 e. The minimum absolute atomic E-state index is 0.0773. The largest absolute Gasteiger partial charge is 0.335 e. The fraction of sp³-hybridized carbons (Fsp3) is 0.200. The molecule has 1 amide bonds. The quantitative estimate of drug-likeness (QED) is 0.664. The number of rotatable bonds is 4. The molecule has 0 unspecified atom stereocenters. The fourth-order valence-electron chi connectivity index (χ4n) is 3.33. The highest BCUT2D eigenvalue weighted by Gasteiger charge is 2.32. The van der Waals surface area contributed by atoms with E-state index in [2.05, 4.69) is 10.2 Å². The molecule has 30 heavy (non-hydrogen) atoms. The van der Waals surface area contributed by atoms with E-state index in [1.54, 1.807) is 24.3 Å². The number of nitrogens with zero attached hydrogens (tertiary/aromatic N) is 3. The summed E-state index contributed by atoms with van der Waals surface area (Å²) in [5.41, 5.74) is 1.54. The molecule has 0 saturated carbocycles. The Kier molecular flexibility index (Phi) is 5.59. The van der Waals surface area contributed by atoms with Crippen molar-refractivity contribution in [3.8, 4) is 11.3 Å². The molecule has 0 bridgehead atoms. The average Bonchev–Trinajstić information content (AvgIpc) is 3.24. The van der Waals surface area contributed by atoms with Crippen LogP contribution < -0.4 is 0 Å². The fourth-order valence-corrected chi connectivity index (χ4v) is 5.05. The maximum atomic E-state index is 13.9. The first-order valence-electron chi connectivity index (χ1n) is 9.22. The SMILES string of the molecule is O=C(c1cc(-c2ccccc2Cl)n[nH]1)N1CCN(S(=O)(=O)c2ccccc2F)CC1. The molecule has 0 atom stereocenters. The Balaban J connectivity index is 1.45. The molecule has 1 N–H and O–H groups in total. The van der Waals surface area contributed by atoms with Gasteiger partial charge < -0.3 is 4.90 Å². The van der Waals surface area contributed by atoms with Gasteiger partial charge in [-0.1, -0.05) is 41.9 Å². The van der Waals surface area contributed by atoms with Crippen LogP contribution in [0.25, 0.3) is 11.3 Å². The zero-order valence-electron chi connectivity index (χ0n) is 15.8. The summed E-state index contributed by atoms with van der Waals surface area (Å²) in [7, 11) is -3.96. The molecule has 0 aliphatic carbocycles. The van der Waals surface area contributed by atoms with Gasteiger partial charge in [-0.25, -0.2) is 12.8 Å². The molecule has 1 saturated heterocycles. The van der Waals surface area contributed by atoms with Gasteiger partial charge in [0.05, 0.1) is 10.7 Å². The number of benzene rings is 2. The Morgan fingerprint density at radius 3 is 2.40 bits per heavy atom. The van der Waals surface area contributed by atoms with Crippen molar-refractivity contribution < 1.29 is 17.6 Å². The molecule has 1 aromatic heterocycles. The second-order valence-electron chi connectivity index (χ2n) is 6.77. The molecule has 4 rings (SSSR count). The summed E-state index contributed by atoms with van der Waals surface area (Å²) >= 11 is 6.18. The third-order valence-corrected chi connectivity index (χ3v) is 7.20. The van der Waals surface area contributed by atoms with E-state index in [1.807, 2.05) is 6.07 Å². The monoisotopic (exact) mass is 448 g/mol. The summed E-state index contributed by atoms with van der Waals surface area (Å²) in [6, 6.07) is 14.1. The Bertz CT molecular complexity index is 1190. The van der Waals surface area contributed by atoms with Gasteiger partial charge in [0, 0.05) is 31.7 Å². The van der Waals surface area contributed by atoms with Crippen LogP contribution in [-0.2, 0) is 10.0 Å². The molecule has 7 nitrogen and oxygen atoms in total. The van der Waals surface area contributed by atoms with Crippen LogP contribution in [0, 0.1) is 5.82 Å². The number of nitrogens with one attached hydrogen (secondary N) is 1. The lowest BCUT2D eigenvalue weighted by Gasteiger charge is -2.33. The molecule has 1 aliphatic heterocycles. The predicted molar refractivity (Wildman–Crippen MR) is 110 cm³/mol. The first-order chi connectivity index (χ1) is 14.4. The van der Waals surface area contributed by atoms with Crippen LogP contribution in [0.1, 0.15) is 10.5 Å². The summed E-state index contributed by atoms with van der Waals surface area (Å²) in [6.07, 6.45) is 0. The van der Waals surface area contributed by atoms with Gasteiger partial charge in [0.1, 0.15) is 16.4 Å². The summed E-state index contributed by atoms with van der Waals surface area (Å²) in [5.74, 6) is -1.08. The van der Waals surface area contributed by atoms with Crippen molar-refractivity contribution >= 4 is 27.5 Å². The molecule has 3 aromatic rings. The van der Waals surface area contributed by atoms with Gasteiger partial charge in [-0.15, -0.1) is 0 Å². The Morgan fingerprint density at radius 1 is 1.03 bits per heavy atom. The van der Waals surface area contributed by atoms with Crippen LogP contribution in [0.4, 0.5) is 4.39 Å². The van der Waals surface area contributed by atoms with E-state index >= 15 is 0 Å². The van der Waals surface area contributed by atoms with E-state index in [0.29, 0.717) is 16.3 Å². The highest BCUT2D eigenvalue weighted by Crippen LogP contribution is 2.27. The van der Waals surface area contributed by atoms with Gasteiger partial charge in [0.15, 0.2) is 0 Å². The number of hydrogen-bond donors (Lipinski definition) is 1. The van der Waals surface area contributed by atoms with E-state index in [9.17, 15) is 17.6 Å². The van der Waals surface area contributed by atoms with Gasteiger partial charge >= 0.3 is 0 Å². The number of carbonyl (C=O) groups excluding carboxylic acids is 1. The average molecular weight is 449 g/mol. The van der Waals surface area contributed by atoms with E-state index in [-0.39, 0.29) is 42.7 Å². The van der Waals surface area contributed by atoms with Crippen LogP contribution >= 0.6 is 11.6 Å². The van der Waals surface area contributed by atoms with Gasteiger partial charge in [-0.2, -0.15) is 9.40 Å². The number of piperazine rings is 1. The number of aromatic nitrogens is 2. The maximum absolute atomic E-state index is 13.9. The summed E-state index contributed by atoms with van der Waals surface area (Å²) in [6.45, 7) is 0.530. The second-order valence-corrected chi connectivity index (χ2v) is 9.09. The summed E-state index contributed by atoms with van der Waals surface area (Å²) in [4.78, 5) is 14.0. The van der Waals surface area contributed by atoms with Crippen molar-refractivity contribution in [3.63, 3.8) is 0 Å². The number of sulfonamides is 1. The lowest BCUT2D eigenvalue weighted by atomic mass is 10.1. The summed E-state index contributed by atoms with van der Waals surface area (Å²) < 4.78 is 40.5. The number of aromatic amines is 1. The molecule has 2 aromatic carbocycles. The van der Waals surface area contributed by atoms with Crippen molar-refractivity contribution in [3.05, 3.63) is 71.1 Å². The van der Waals surface area contributed by atoms with Crippen LogP contribution in [0.3, 0.4) is 0 Å². The van der Waals surface area contributed by atoms with Crippen LogP contribution in [-0.4, -0.2) is 59.9 Å². The van der Waals surface area contributed by atoms with Crippen molar-refractivity contribution in [2.75, 3.05) is 26.2 Å². The Morgan fingerprint density at radius 2 is 1.70 bits per heavy atom. The molecule has 156 valence electrons. The molecule has 2 heterocycles. The van der Waals surface area contributed by atoms with Crippen molar-refractivity contribution in [1.29, 1.82) is 0 Å². The van der Waals surface area contributed by atoms with Gasteiger partial charge in [-0.3, -0.25) is 9.89 Å². The van der Waals surface area contributed by atoms with Crippen LogP contribution in [0.15, 0.2) is 59.5 Å². The molecule has 1 fully saturated rings. The lowest BCUT2D eigenvalue weighted by Crippen LogP contribution is -2.50. The third-order valence-electron chi connectivity index (χ3n) is 4.94. The number of H-pyrrole nitrogens is 1. The molecule has 0 radical (unpaired) electrons. The standard InChI is InChI=1S/C20H18ClFN4O3S/c21-15-6-2-1-5-14(15)17-13-18(24-23-17)20(27)25-9-11-26(12-10-25)30(28,29)19-8-4-3-7-16(19)22/h1-8,13H,9-12H2,(H,23,24). The van der Waals surface area contributed by atoms with Gasteiger partial charge in [0.25, 0.3) is 5.91 Å². The van der Waals surface area contributed by atoms with E-state index in [0.717, 1.165) is 6.07 Å². The third kappa shape index (κ3) is 3.83. The number of amides is 1. The first-order valence-corrected chi connectivity index (χ1v) is 11.0. The van der Waals surface area contributed by atoms with Crippen molar-refractivity contribution in [2.45, 2.75) is 4.90 Å². The van der Waals surface area contributed by atoms with Crippen LogP contribution in [0.5, 0.6) is 0 Å². The lowest BCUT2D eigenvalue weighted by molar-refractivity contribution is 0.0691.